The summed E-state index contributed by atoms with van der Waals surface area (Å²) in [5, 5.41) is 2.27. The first kappa shape index (κ1) is 15.3. The largest absolute Gasteiger partial charge is 0.398 e. The van der Waals surface area contributed by atoms with Gasteiger partial charge in [0.15, 0.2) is 5.13 Å². The first-order valence-electron chi connectivity index (χ1n) is 6.09. The van der Waals surface area contributed by atoms with Crippen molar-refractivity contribution in [3.05, 3.63) is 32.2 Å². The number of hydrogen-bond acceptors (Lipinski definition) is 5. The van der Waals surface area contributed by atoms with Gasteiger partial charge < -0.3 is 5.73 Å². The van der Waals surface area contributed by atoms with Crippen LogP contribution in [0.5, 0.6) is 0 Å². The van der Waals surface area contributed by atoms with Crippen molar-refractivity contribution in [2.24, 2.45) is 0 Å². The maximum atomic E-state index is 12.5. The van der Waals surface area contributed by atoms with E-state index in [-0.39, 0.29) is 10.6 Å². The van der Waals surface area contributed by atoms with Crippen LogP contribution in [0.25, 0.3) is 0 Å². The minimum Gasteiger partial charge on any atom is -0.398 e. The third-order valence-corrected chi connectivity index (χ3v) is 6.75. The van der Waals surface area contributed by atoms with Crippen LogP contribution in [-0.4, -0.2) is 13.4 Å². The zero-order valence-electron chi connectivity index (χ0n) is 10.6. The fraction of sp³-hybridized carbons (Fsp3) is 0.250. The van der Waals surface area contributed by atoms with Gasteiger partial charge in [0.05, 0.1) is 11.4 Å². The van der Waals surface area contributed by atoms with E-state index in [9.17, 15) is 8.42 Å². The minimum atomic E-state index is -3.78. The minimum absolute atomic E-state index is 0.0221. The van der Waals surface area contributed by atoms with Gasteiger partial charge in [-0.25, -0.2) is 13.4 Å². The van der Waals surface area contributed by atoms with Crippen LogP contribution in [0.4, 0.5) is 10.8 Å². The normalized spacial score (nSPS) is 15.1. The molecule has 1 aromatic carbocycles. The Kier molecular flexibility index (Phi) is 4.02. The van der Waals surface area contributed by atoms with E-state index in [2.05, 4.69) is 41.6 Å². The molecule has 0 unspecified atom stereocenters. The second-order valence-electron chi connectivity index (χ2n) is 4.76. The zero-order valence-corrected chi connectivity index (χ0v) is 15.4. The standard InChI is InChI=1S/C12H11Br2N3O2S2/c13-7-3-8(14)11(9(15)4-7)21(18,19)17-12-16-10(5-20-12)6-1-2-6/h3-6H,1-2,15H2,(H,16,17). The third-order valence-electron chi connectivity index (χ3n) is 3.05. The molecule has 1 heterocycles. The van der Waals surface area contributed by atoms with Crippen molar-refractivity contribution >= 4 is 64.0 Å². The van der Waals surface area contributed by atoms with E-state index in [1.54, 1.807) is 12.1 Å². The Morgan fingerprint density at radius 2 is 2.05 bits per heavy atom. The highest BCUT2D eigenvalue weighted by Gasteiger charge is 2.28. The van der Waals surface area contributed by atoms with Crippen molar-refractivity contribution in [2.75, 3.05) is 10.5 Å². The molecule has 112 valence electrons. The highest BCUT2D eigenvalue weighted by molar-refractivity contribution is 9.11. The molecule has 5 nitrogen and oxygen atoms in total. The van der Waals surface area contributed by atoms with Gasteiger partial charge in [-0.05, 0) is 40.9 Å². The molecular weight excluding hydrogens is 442 g/mol. The molecule has 0 aliphatic heterocycles. The molecule has 1 aliphatic rings. The summed E-state index contributed by atoms with van der Waals surface area (Å²) in [5.41, 5.74) is 6.96. The van der Waals surface area contributed by atoms with Gasteiger partial charge in [0.2, 0.25) is 0 Å². The molecule has 1 aromatic heterocycles. The highest BCUT2D eigenvalue weighted by Crippen LogP contribution is 2.41. The van der Waals surface area contributed by atoms with Gasteiger partial charge in [0.25, 0.3) is 10.0 Å². The number of nitrogens with two attached hydrogens (primary N) is 1. The molecule has 2 aromatic rings. The summed E-state index contributed by atoms with van der Waals surface area (Å²) >= 11 is 7.80. The molecule has 0 amide bonds. The van der Waals surface area contributed by atoms with Crippen LogP contribution in [0.2, 0.25) is 0 Å². The molecule has 3 N–H and O–H groups in total. The van der Waals surface area contributed by atoms with Crippen LogP contribution in [0.3, 0.4) is 0 Å². The average Bonchev–Trinajstić information content (AvgIpc) is 3.09. The summed E-state index contributed by atoms with van der Waals surface area (Å²) in [7, 11) is -3.78. The number of thiazole rings is 1. The molecule has 0 radical (unpaired) electrons. The van der Waals surface area contributed by atoms with E-state index >= 15 is 0 Å². The van der Waals surface area contributed by atoms with Gasteiger partial charge >= 0.3 is 0 Å². The number of nitrogens with zero attached hydrogens (tertiary/aromatic N) is 1. The molecular formula is C12H11Br2N3O2S2. The SMILES string of the molecule is Nc1cc(Br)cc(Br)c1S(=O)(=O)Nc1nc(C2CC2)cs1. The number of nitrogens with one attached hydrogen (secondary N) is 1. The quantitative estimate of drug-likeness (QED) is 0.688. The second kappa shape index (κ2) is 5.53. The summed E-state index contributed by atoms with van der Waals surface area (Å²) in [6.45, 7) is 0. The first-order valence-corrected chi connectivity index (χ1v) is 10.0. The van der Waals surface area contributed by atoms with E-state index < -0.39 is 10.0 Å². The van der Waals surface area contributed by atoms with Gasteiger partial charge in [0.1, 0.15) is 4.90 Å². The third kappa shape index (κ3) is 3.25. The number of benzene rings is 1. The van der Waals surface area contributed by atoms with Crippen LogP contribution < -0.4 is 10.5 Å². The second-order valence-corrected chi connectivity index (χ2v) is 9.01. The fourth-order valence-electron chi connectivity index (χ4n) is 1.93. The van der Waals surface area contributed by atoms with E-state index in [1.807, 2.05) is 5.38 Å². The van der Waals surface area contributed by atoms with Crippen molar-refractivity contribution in [1.82, 2.24) is 4.98 Å². The molecule has 0 atom stereocenters. The number of aromatic nitrogens is 1. The average molecular weight is 453 g/mol. The monoisotopic (exact) mass is 451 g/mol. The Balaban J connectivity index is 1.92. The summed E-state index contributed by atoms with van der Waals surface area (Å²) in [4.78, 5) is 4.34. The summed E-state index contributed by atoms with van der Waals surface area (Å²) in [6.07, 6.45) is 2.25. The van der Waals surface area contributed by atoms with Gasteiger partial charge in [-0.2, -0.15) is 0 Å². The number of halogens is 2. The maximum absolute atomic E-state index is 12.5. The van der Waals surface area contributed by atoms with Crippen molar-refractivity contribution < 1.29 is 8.42 Å². The van der Waals surface area contributed by atoms with E-state index in [1.165, 1.54) is 11.3 Å². The van der Waals surface area contributed by atoms with Gasteiger partial charge in [-0.3, -0.25) is 4.72 Å². The lowest BCUT2D eigenvalue weighted by Crippen LogP contribution is -2.15. The summed E-state index contributed by atoms with van der Waals surface area (Å²) < 4.78 is 28.6. The Morgan fingerprint density at radius 1 is 1.33 bits per heavy atom. The van der Waals surface area contributed by atoms with Gasteiger partial charge in [0, 0.05) is 20.2 Å². The lowest BCUT2D eigenvalue weighted by molar-refractivity contribution is 0.601. The zero-order chi connectivity index (χ0) is 15.2. The Hall–Kier alpha value is -0.640. The Morgan fingerprint density at radius 3 is 2.67 bits per heavy atom. The van der Waals surface area contributed by atoms with Gasteiger partial charge in [-0.15, -0.1) is 11.3 Å². The predicted molar refractivity (Wildman–Crippen MR) is 91.2 cm³/mol. The van der Waals surface area contributed by atoms with E-state index in [0.29, 0.717) is 20.0 Å². The van der Waals surface area contributed by atoms with Crippen molar-refractivity contribution in [2.45, 2.75) is 23.7 Å². The lowest BCUT2D eigenvalue weighted by Gasteiger charge is -2.10. The molecule has 0 spiro atoms. The van der Waals surface area contributed by atoms with E-state index in [4.69, 9.17) is 5.73 Å². The summed E-state index contributed by atoms with van der Waals surface area (Å²) in [5.74, 6) is 0.490. The number of sulfonamides is 1. The van der Waals surface area contributed by atoms with Gasteiger partial charge in [-0.1, -0.05) is 15.9 Å². The number of rotatable bonds is 4. The van der Waals surface area contributed by atoms with Crippen molar-refractivity contribution in [1.29, 1.82) is 0 Å². The van der Waals surface area contributed by atoms with Crippen LogP contribution in [0.15, 0.2) is 31.4 Å². The lowest BCUT2D eigenvalue weighted by atomic mass is 10.3. The van der Waals surface area contributed by atoms with Crippen LogP contribution >= 0.6 is 43.2 Å². The number of nitrogen functional groups attached to an aromatic ring is 1. The topological polar surface area (TPSA) is 85.1 Å². The highest BCUT2D eigenvalue weighted by atomic mass is 79.9. The molecule has 0 saturated heterocycles. The number of anilines is 2. The molecule has 0 bridgehead atoms. The molecule has 1 fully saturated rings. The predicted octanol–water partition coefficient (Wildman–Crippen LogP) is 3.93. The molecule has 1 aliphatic carbocycles. The van der Waals surface area contributed by atoms with Crippen LogP contribution in [0, 0.1) is 0 Å². The number of hydrogen-bond donors (Lipinski definition) is 2. The van der Waals surface area contributed by atoms with Crippen LogP contribution in [-0.2, 0) is 10.0 Å². The fourth-order valence-corrected chi connectivity index (χ4v) is 6.05. The molecule has 21 heavy (non-hydrogen) atoms. The molecule has 1 saturated carbocycles. The Bertz CT molecular complexity index is 778. The molecule has 9 heteroatoms. The maximum Gasteiger partial charge on any atom is 0.266 e. The summed E-state index contributed by atoms with van der Waals surface area (Å²) in [6, 6.07) is 3.19. The van der Waals surface area contributed by atoms with Crippen LogP contribution in [0.1, 0.15) is 24.5 Å². The molecule has 3 rings (SSSR count). The Labute approximate surface area is 143 Å². The first-order chi connectivity index (χ1) is 9.87. The van der Waals surface area contributed by atoms with Crippen molar-refractivity contribution in [3.63, 3.8) is 0 Å². The smallest absolute Gasteiger partial charge is 0.266 e. The van der Waals surface area contributed by atoms with Crippen molar-refractivity contribution in [3.8, 4) is 0 Å². The van der Waals surface area contributed by atoms with E-state index in [0.717, 1.165) is 18.5 Å².